The third kappa shape index (κ3) is 1.93. The van der Waals surface area contributed by atoms with E-state index < -0.39 is 5.60 Å². The Morgan fingerprint density at radius 2 is 2.23 bits per heavy atom. The van der Waals surface area contributed by atoms with Gasteiger partial charge in [-0.2, -0.15) is 5.26 Å². The number of hydrogen-bond donors (Lipinski definition) is 0. The van der Waals surface area contributed by atoms with Gasteiger partial charge in [0.15, 0.2) is 11.4 Å². The molecule has 1 aliphatic carbocycles. The Bertz CT molecular complexity index is 733. The number of ketones is 1. The van der Waals surface area contributed by atoms with E-state index in [0.29, 0.717) is 12.2 Å². The predicted molar refractivity (Wildman–Crippen MR) is 84.8 cm³/mol. The SMILES string of the molecule is C=Cn1c(C2=C(C#N)C(=O)C(C)(CC)O2)cc2c1CCCC2. The van der Waals surface area contributed by atoms with Gasteiger partial charge in [0, 0.05) is 11.9 Å². The minimum absolute atomic E-state index is 0.127. The lowest BCUT2D eigenvalue weighted by Crippen LogP contribution is -2.32. The van der Waals surface area contributed by atoms with E-state index in [2.05, 4.69) is 12.6 Å². The van der Waals surface area contributed by atoms with Crippen molar-refractivity contribution in [1.29, 1.82) is 5.26 Å². The molecule has 114 valence electrons. The van der Waals surface area contributed by atoms with Crippen LogP contribution >= 0.6 is 0 Å². The average Bonchev–Trinajstić information content (AvgIpc) is 3.03. The largest absolute Gasteiger partial charge is 0.476 e. The Balaban J connectivity index is 2.17. The van der Waals surface area contributed by atoms with E-state index in [-0.39, 0.29) is 11.4 Å². The molecule has 2 heterocycles. The van der Waals surface area contributed by atoms with Crippen molar-refractivity contribution in [2.45, 2.75) is 51.6 Å². The molecule has 0 amide bonds. The van der Waals surface area contributed by atoms with Crippen LogP contribution in [0.1, 0.15) is 50.1 Å². The number of aromatic nitrogens is 1. The summed E-state index contributed by atoms with van der Waals surface area (Å²) in [5.74, 6) is 0.188. The number of aryl methyl sites for hydroxylation is 1. The van der Waals surface area contributed by atoms with Crippen LogP contribution in [0.3, 0.4) is 0 Å². The van der Waals surface area contributed by atoms with Crippen molar-refractivity contribution in [2.75, 3.05) is 0 Å². The number of rotatable bonds is 3. The first kappa shape index (κ1) is 14.6. The highest BCUT2D eigenvalue weighted by Crippen LogP contribution is 2.40. The lowest BCUT2D eigenvalue weighted by molar-refractivity contribution is -0.127. The van der Waals surface area contributed by atoms with E-state index in [1.807, 2.05) is 17.6 Å². The van der Waals surface area contributed by atoms with E-state index in [4.69, 9.17) is 4.74 Å². The third-order valence-corrected chi connectivity index (χ3v) is 4.81. The highest BCUT2D eigenvalue weighted by atomic mass is 16.5. The first-order valence-corrected chi connectivity index (χ1v) is 7.79. The monoisotopic (exact) mass is 296 g/mol. The molecule has 0 saturated carbocycles. The minimum atomic E-state index is -0.933. The molecule has 4 heteroatoms. The Hall–Kier alpha value is -2.28. The number of carbonyl (C=O) groups excluding carboxylic acids is 1. The molecule has 1 aromatic heterocycles. The minimum Gasteiger partial charge on any atom is -0.476 e. The van der Waals surface area contributed by atoms with Crippen molar-refractivity contribution in [3.63, 3.8) is 0 Å². The molecule has 22 heavy (non-hydrogen) atoms. The van der Waals surface area contributed by atoms with E-state index in [1.165, 1.54) is 17.7 Å². The summed E-state index contributed by atoms with van der Waals surface area (Å²) >= 11 is 0. The summed E-state index contributed by atoms with van der Waals surface area (Å²) in [6, 6.07) is 4.09. The summed E-state index contributed by atoms with van der Waals surface area (Å²) in [6.45, 7) is 7.53. The van der Waals surface area contributed by atoms with Gasteiger partial charge < -0.3 is 9.30 Å². The second-order valence-corrected chi connectivity index (χ2v) is 6.09. The fourth-order valence-electron chi connectivity index (χ4n) is 3.31. The average molecular weight is 296 g/mol. The van der Waals surface area contributed by atoms with Gasteiger partial charge in [0.2, 0.25) is 5.78 Å². The molecule has 3 rings (SSSR count). The fourth-order valence-corrected chi connectivity index (χ4v) is 3.31. The van der Waals surface area contributed by atoms with Crippen molar-refractivity contribution in [2.24, 2.45) is 0 Å². The molecule has 1 unspecified atom stereocenters. The fraction of sp³-hybridized carbons (Fsp3) is 0.444. The van der Waals surface area contributed by atoms with E-state index >= 15 is 0 Å². The topological polar surface area (TPSA) is 55.0 Å². The maximum Gasteiger partial charge on any atom is 0.220 e. The summed E-state index contributed by atoms with van der Waals surface area (Å²) in [7, 11) is 0. The molecule has 0 radical (unpaired) electrons. The van der Waals surface area contributed by atoms with E-state index in [9.17, 15) is 10.1 Å². The molecule has 1 atom stereocenters. The van der Waals surface area contributed by atoms with Gasteiger partial charge in [0.05, 0.1) is 5.69 Å². The molecule has 0 bridgehead atoms. The maximum absolute atomic E-state index is 12.5. The van der Waals surface area contributed by atoms with Crippen molar-refractivity contribution in [1.82, 2.24) is 4.57 Å². The summed E-state index contributed by atoms with van der Waals surface area (Å²) in [5.41, 5.74) is 2.47. The first-order valence-electron chi connectivity index (χ1n) is 7.79. The molecular formula is C18H20N2O2. The Labute approximate surface area is 130 Å². The van der Waals surface area contributed by atoms with Gasteiger partial charge >= 0.3 is 0 Å². The normalized spacial score (nSPS) is 24.0. The molecule has 1 aromatic rings. The second kappa shape index (κ2) is 5.17. The molecule has 4 nitrogen and oxygen atoms in total. The number of fused-ring (bicyclic) bond motifs is 1. The molecule has 0 spiro atoms. The van der Waals surface area contributed by atoms with Crippen LogP contribution in [-0.4, -0.2) is 16.0 Å². The van der Waals surface area contributed by atoms with Crippen molar-refractivity contribution < 1.29 is 9.53 Å². The highest BCUT2D eigenvalue weighted by molar-refractivity contribution is 6.13. The molecule has 0 N–H and O–H groups in total. The number of nitriles is 1. The van der Waals surface area contributed by atoms with Crippen LogP contribution in [0.15, 0.2) is 18.2 Å². The van der Waals surface area contributed by atoms with Gasteiger partial charge in [0.1, 0.15) is 11.6 Å². The molecule has 2 aliphatic rings. The number of Topliss-reactive ketones (excluding diaryl/α,β-unsaturated/α-hetero) is 1. The van der Waals surface area contributed by atoms with Gasteiger partial charge in [-0.1, -0.05) is 13.5 Å². The number of hydrogen-bond acceptors (Lipinski definition) is 3. The van der Waals surface area contributed by atoms with Crippen molar-refractivity contribution in [3.8, 4) is 6.07 Å². The molecular weight excluding hydrogens is 276 g/mol. The van der Waals surface area contributed by atoms with Gasteiger partial charge in [-0.05, 0) is 50.7 Å². The van der Waals surface area contributed by atoms with Crippen LogP contribution < -0.4 is 0 Å². The Kier molecular flexibility index (Phi) is 3.44. The van der Waals surface area contributed by atoms with Crippen LogP contribution in [0.25, 0.3) is 12.0 Å². The summed E-state index contributed by atoms with van der Waals surface area (Å²) in [6.07, 6.45) is 6.63. The summed E-state index contributed by atoms with van der Waals surface area (Å²) in [4.78, 5) is 12.5. The number of ether oxygens (including phenoxy) is 1. The van der Waals surface area contributed by atoms with E-state index in [0.717, 1.165) is 25.0 Å². The summed E-state index contributed by atoms with van der Waals surface area (Å²) in [5, 5.41) is 9.42. The lowest BCUT2D eigenvalue weighted by atomic mass is 9.95. The summed E-state index contributed by atoms with van der Waals surface area (Å²) < 4.78 is 7.94. The smallest absolute Gasteiger partial charge is 0.220 e. The number of nitrogens with zero attached hydrogens (tertiary/aromatic N) is 2. The lowest BCUT2D eigenvalue weighted by Gasteiger charge is -2.21. The highest BCUT2D eigenvalue weighted by Gasteiger charge is 2.45. The van der Waals surface area contributed by atoms with Crippen LogP contribution in [0, 0.1) is 11.3 Å². The zero-order valence-corrected chi connectivity index (χ0v) is 13.1. The molecule has 0 fully saturated rings. The van der Waals surface area contributed by atoms with E-state index in [1.54, 1.807) is 13.1 Å². The van der Waals surface area contributed by atoms with Crippen LogP contribution in [0.2, 0.25) is 0 Å². The van der Waals surface area contributed by atoms with Gasteiger partial charge in [-0.25, -0.2) is 0 Å². The van der Waals surface area contributed by atoms with Crippen LogP contribution in [-0.2, 0) is 22.4 Å². The zero-order valence-electron chi connectivity index (χ0n) is 13.1. The molecule has 0 saturated heterocycles. The Morgan fingerprint density at radius 1 is 1.50 bits per heavy atom. The zero-order chi connectivity index (χ0) is 15.9. The van der Waals surface area contributed by atoms with Crippen LogP contribution in [0.4, 0.5) is 0 Å². The second-order valence-electron chi connectivity index (χ2n) is 6.09. The first-order chi connectivity index (χ1) is 10.6. The van der Waals surface area contributed by atoms with Crippen molar-refractivity contribution >= 4 is 17.7 Å². The van der Waals surface area contributed by atoms with Gasteiger partial charge in [0.25, 0.3) is 0 Å². The Morgan fingerprint density at radius 3 is 2.86 bits per heavy atom. The van der Waals surface area contributed by atoms with Gasteiger partial charge in [-0.15, -0.1) is 0 Å². The standard InChI is InChI=1S/C18H20N2O2/c1-4-18(3)17(21)13(11-19)16(22-18)15-10-12-8-6-7-9-14(12)20(15)5-2/h5,10H,2,4,6-9H2,1,3H3. The number of carbonyl (C=O) groups is 1. The third-order valence-electron chi connectivity index (χ3n) is 4.81. The van der Waals surface area contributed by atoms with Crippen LogP contribution in [0.5, 0.6) is 0 Å². The molecule has 0 aromatic carbocycles. The van der Waals surface area contributed by atoms with Crippen molar-refractivity contribution in [3.05, 3.63) is 35.2 Å². The predicted octanol–water partition coefficient (Wildman–Crippen LogP) is 3.47. The molecule has 1 aliphatic heterocycles. The maximum atomic E-state index is 12.5. The quantitative estimate of drug-likeness (QED) is 0.858. The van der Waals surface area contributed by atoms with Gasteiger partial charge in [-0.3, -0.25) is 4.79 Å².